The van der Waals surface area contributed by atoms with Gasteiger partial charge in [0.1, 0.15) is 5.82 Å². The Hall–Kier alpha value is -1.95. The van der Waals surface area contributed by atoms with E-state index in [0.29, 0.717) is 12.0 Å². The van der Waals surface area contributed by atoms with Gasteiger partial charge in [0.15, 0.2) is 11.3 Å². The van der Waals surface area contributed by atoms with Crippen LogP contribution in [0.25, 0.3) is 16.8 Å². The van der Waals surface area contributed by atoms with Crippen LogP contribution in [0.15, 0.2) is 18.5 Å². The average Bonchev–Trinajstić information content (AvgIpc) is 3.15. The molecule has 3 aromatic heterocycles. The summed E-state index contributed by atoms with van der Waals surface area (Å²) in [5.74, 6) is 1.55. The Kier molecular flexibility index (Phi) is 2.32. The van der Waals surface area contributed by atoms with Crippen LogP contribution >= 0.6 is 0 Å². The van der Waals surface area contributed by atoms with Crippen LogP contribution in [-0.2, 0) is 0 Å². The minimum absolute atomic E-state index is 0.480. The Morgan fingerprint density at radius 3 is 3.16 bits per heavy atom. The van der Waals surface area contributed by atoms with Crippen molar-refractivity contribution in [3.63, 3.8) is 0 Å². The Bertz CT molecular complexity index is 727. The van der Waals surface area contributed by atoms with Crippen molar-refractivity contribution in [3.8, 4) is 0 Å². The Labute approximate surface area is 110 Å². The molecule has 1 unspecified atom stereocenters. The van der Waals surface area contributed by atoms with Gasteiger partial charge in [-0.15, -0.1) is 10.2 Å². The van der Waals surface area contributed by atoms with Crippen LogP contribution in [0.5, 0.6) is 0 Å². The molecule has 2 atom stereocenters. The number of fused-ring (bicyclic) bond motifs is 3. The normalized spacial score (nSPS) is 23.6. The lowest BCUT2D eigenvalue weighted by molar-refractivity contribution is 0.564. The monoisotopic (exact) mass is 256 g/mol. The highest BCUT2D eigenvalue weighted by Gasteiger charge is 2.28. The number of hydrogen-bond acceptors (Lipinski definition) is 4. The molecule has 0 aliphatic heterocycles. The Morgan fingerprint density at radius 1 is 1.37 bits per heavy atom. The van der Waals surface area contributed by atoms with Gasteiger partial charge in [0, 0.05) is 18.2 Å². The van der Waals surface area contributed by atoms with Crippen LogP contribution in [0.4, 0.5) is 0 Å². The lowest BCUT2D eigenvalue weighted by Crippen LogP contribution is -2.21. The fourth-order valence-corrected chi connectivity index (χ4v) is 3.14. The molecule has 1 aliphatic rings. The average molecular weight is 256 g/mol. The van der Waals surface area contributed by atoms with E-state index in [9.17, 15) is 0 Å². The summed E-state index contributed by atoms with van der Waals surface area (Å²) < 4.78 is 2.14. The van der Waals surface area contributed by atoms with Crippen LogP contribution in [0.2, 0.25) is 0 Å². The van der Waals surface area contributed by atoms with E-state index in [0.717, 1.165) is 29.1 Å². The van der Waals surface area contributed by atoms with Crippen molar-refractivity contribution in [1.29, 1.82) is 0 Å². The van der Waals surface area contributed by atoms with Gasteiger partial charge in [0.2, 0.25) is 0 Å². The second-order valence-electron chi connectivity index (χ2n) is 5.22. The summed E-state index contributed by atoms with van der Waals surface area (Å²) in [4.78, 5) is 7.49. The molecule has 0 aromatic carbocycles. The van der Waals surface area contributed by atoms with E-state index in [1.807, 2.05) is 19.3 Å². The van der Waals surface area contributed by atoms with E-state index in [2.05, 4.69) is 29.9 Å². The SMILES string of the molecule is CNC1CC[C@@H](c2nnc3cnc4[nH]ccc4n23)C1. The van der Waals surface area contributed by atoms with Crippen LogP contribution < -0.4 is 5.32 Å². The second-order valence-corrected chi connectivity index (χ2v) is 5.22. The third-order valence-electron chi connectivity index (χ3n) is 4.17. The third-order valence-corrected chi connectivity index (χ3v) is 4.17. The molecule has 4 rings (SSSR count). The first-order chi connectivity index (χ1) is 9.36. The van der Waals surface area contributed by atoms with Crippen molar-refractivity contribution in [2.45, 2.75) is 31.2 Å². The number of hydrogen-bond donors (Lipinski definition) is 2. The third kappa shape index (κ3) is 1.56. The van der Waals surface area contributed by atoms with Gasteiger partial charge >= 0.3 is 0 Å². The largest absolute Gasteiger partial charge is 0.345 e. The summed E-state index contributed by atoms with van der Waals surface area (Å²) in [6.45, 7) is 0. The summed E-state index contributed by atoms with van der Waals surface area (Å²) in [5.41, 5.74) is 2.78. The van der Waals surface area contributed by atoms with E-state index < -0.39 is 0 Å². The molecule has 0 saturated heterocycles. The van der Waals surface area contributed by atoms with E-state index in [-0.39, 0.29) is 0 Å². The zero-order chi connectivity index (χ0) is 12.8. The molecule has 19 heavy (non-hydrogen) atoms. The van der Waals surface area contributed by atoms with Crippen LogP contribution in [-0.4, -0.2) is 37.7 Å². The van der Waals surface area contributed by atoms with Gasteiger partial charge in [-0.3, -0.25) is 4.40 Å². The van der Waals surface area contributed by atoms with Gasteiger partial charge in [-0.05, 0) is 32.4 Å². The number of aromatic nitrogens is 5. The van der Waals surface area contributed by atoms with Crippen molar-refractivity contribution in [3.05, 3.63) is 24.3 Å². The maximum atomic E-state index is 4.41. The first kappa shape index (κ1) is 10.9. The van der Waals surface area contributed by atoms with Gasteiger partial charge in [-0.25, -0.2) is 4.98 Å². The van der Waals surface area contributed by atoms with Gasteiger partial charge in [-0.1, -0.05) is 0 Å². The molecule has 0 spiro atoms. The molecule has 0 bridgehead atoms. The maximum Gasteiger partial charge on any atom is 0.179 e. The molecule has 1 aliphatic carbocycles. The Morgan fingerprint density at radius 2 is 2.32 bits per heavy atom. The summed E-state index contributed by atoms with van der Waals surface area (Å²) in [7, 11) is 2.03. The van der Waals surface area contributed by atoms with Gasteiger partial charge in [-0.2, -0.15) is 0 Å². The van der Waals surface area contributed by atoms with E-state index in [1.54, 1.807) is 6.20 Å². The quantitative estimate of drug-likeness (QED) is 0.728. The first-order valence-electron chi connectivity index (χ1n) is 6.71. The molecule has 98 valence electrons. The summed E-state index contributed by atoms with van der Waals surface area (Å²) in [6, 6.07) is 2.63. The molecule has 1 saturated carbocycles. The maximum absolute atomic E-state index is 4.41. The van der Waals surface area contributed by atoms with E-state index >= 15 is 0 Å². The molecule has 6 heteroatoms. The smallest absolute Gasteiger partial charge is 0.179 e. The van der Waals surface area contributed by atoms with Crippen molar-refractivity contribution >= 4 is 16.8 Å². The minimum Gasteiger partial charge on any atom is -0.345 e. The zero-order valence-electron chi connectivity index (χ0n) is 10.8. The number of nitrogens with one attached hydrogen (secondary N) is 2. The van der Waals surface area contributed by atoms with Crippen molar-refractivity contribution in [2.75, 3.05) is 7.05 Å². The molecular weight excluding hydrogens is 240 g/mol. The van der Waals surface area contributed by atoms with Crippen molar-refractivity contribution in [2.24, 2.45) is 0 Å². The van der Waals surface area contributed by atoms with Crippen LogP contribution in [0.3, 0.4) is 0 Å². The highest BCUT2D eigenvalue weighted by molar-refractivity contribution is 5.74. The van der Waals surface area contributed by atoms with Crippen molar-refractivity contribution in [1.82, 2.24) is 29.9 Å². The number of H-pyrrole nitrogens is 1. The molecule has 0 amide bonds. The first-order valence-corrected chi connectivity index (χ1v) is 6.71. The molecule has 0 radical (unpaired) electrons. The van der Waals surface area contributed by atoms with Crippen molar-refractivity contribution < 1.29 is 0 Å². The van der Waals surface area contributed by atoms with Crippen LogP contribution in [0.1, 0.15) is 31.0 Å². The molecule has 2 N–H and O–H groups in total. The summed E-state index contributed by atoms with van der Waals surface area (Å²) in [5, 5.41) is 12.0. The molecule has 3 heterocycles. The second kappa shape index (κ2) is 4.03. The Balaban J connectivity index is 1.88. The predicted molar refractivity (Wildman–Crippen MR) is 72.1 cm³/mol. The zero-order valence-corrected chi connectivity index (χ0v) is 10.8. The summed E-state index contributed by atoms with van der Waals surface area (Å²) >= 11 is 0. The fourth-order valence-electron chi connectivity index (χ4n) is 3.14. The lowest BCUT2D eigenvalue weighted by Gasteiger charge is -2.09. The number of nitrogens with zero attached hydrogens (tertiary/aromatic N) is 4. The van der Waals surface area contributed by atoms with E-state index in [4.69, 9.17) is 0 Å². The fraction of sp³-hybridized carbons (Fsp3) is 0.462. The standard InChI is InChI=1S/C13H16N6/c1-14-9-3-2-8(6-9)13-18-17-11-7-16-12-10(19(11)13)4-5-15-12/h4-5,7-9,14-15H,2-3,6H2,1H3/t8-,9?/m1/s1. The predicted octanol–water partition coefficient (Wildman–Crippen LogP) is 1.46. The minimum atomic E-state index is 0.480. The highest BCUT2D eigenvalue weighted by Crippen LogP contribution is 2.34. The molecule has 3 aromatic rings. The number of aromatic amines is 1. The number of rotatable bonds is 2. The molecule has 1 fully saturated rings. The van der Waals surface area contributed by atoms with Gasteiger partial charge in [0.25, 0.3) is 0 Å². The topological polar surface area (TPSA) is 70.9 Å². The van der Waals surface area contributed by atoms with Gasteiger partial charge in [0.05, 0.1) is 11.7 Å². The van der Waals surface area contributed by atoms with Crippen LogP contribution in [0, 0.1) is 0 Å². The highest BCUT2D eigenvalue weighted by atomic mass is 15.3. The van der Waals surface area contributed by atoms with E-state index in [1.165, 1.54) is 12.8 Å². The van der Waals surface area contributed by atoms with Gasteiger partial charge < -0.3 is 10.3 Å². The molecule has 6 nitrogen and oxygen atoms in total. The molecular formula is C13H16N6. The summed E-state index contributed by atoms with van der Waals surface area (Å²) in [6.07, 6.45) is 7.19. The lowest BCUT2D eigenvalue weighted by atomic mass is 10.1.